The number of carbonyl (C=O) groups excluding carboxylic acids is 1. The minimum atomic E-state index is -4.24. The van der Waals surface area contributed by atoms with Crippen molar-refractivity contribution in [3.8, 4) is 0 Å². The molecular formula is C11H12FNO5S. The third-order valence-electron chi connectivity index (χ3n) is 2.64. The van der Waals surface area contributed by atoms with Crippen molar-refractivity contribution in [3.05, 3.63) is 29.1 Å². The Labute approximate surface area is 109 Å². The van der Waals surface area contributed by atoms with E-state index in [1.165, 1.54) is 13.0 Å². The van der Waals surface area contributed by atoms with E-state index in [4.69, 9.17) is 14.6 Å². The van der Waals surface area contributed by atoms with Gasteiger partial charge in [-0.3, -0.25) is 0 Å². The van der Waals surface area contributed by atoms with Crippen LogP contribution in [0.25, 0.3) is 0 Å². The van der Waals surface area contributed by atoms with Crippen molar-refractivity contribution >= 4 is 16.0 Å². The van der Waals surface area contributed by atoms with Gasteiger partial charge in [0.1, 0.15) is 16.8 Å². The number of halogens is 1. The molecule has 0 atom stereocenters. The number of hydrogen-bond acceptors (Lipinski definition) is 5. The van der Waals surface area contributed by atoms with Crippen LogP contribution < -0.4 is 5.14 Å². The lowest BCUT2D eigenvalue weighted by molar-refractivity contribution is -0.103. The van der Waals surface area contributed by atoms with Crippen LogP contribution in [0.3, 0.4) is 0 Å². The molecule has 0 saturated carbocycles. The third-order valence-corrected chi connectivity index (χ3v) is 3.55. The van der Waals surface area contributed by atoms with Crippen LogP contribution in [0.1, 0.15) is 15.9 Å². The van der Waals surface area contributed by atoms with E-state index in [2.05, 4.69) is 0 Å². The molecule has 0 aromatic heterocycles. The lowest BCUT2D eigenvalue weighted by Gasteiger charge is -2.25. The molecule has 1 aliphatic rings. The molecule has 19 heavy (non-hydrogen) atoms. The van der Waals surface area contributed by atoms with E-state index < -0.39 is 26.7 Å². The highest BCUT2D eigenvalue weighted by atomic mass is 32.2. The Morgan fingerprint density at radius 1 is 1.47 bits per heavy atom. The maximum absolute atomic E-state index is 13.6. The van der Waals surface area contributed by atoms with Crippen molar-refractivity contribution in [1.29, 1.82) is 0 Å². The molecule has 0 bridgehead atoms. The zero-order valence-electron chi connectivity index (χ0n) is 10.1. The monoisotopic (exact) mass is 289 g/mol. The lowest BCUT2D eigenvalue weighted by Crippen LogP contribution is -2.37. The minimum Gasteiger partial charge on any atom is -0.454 e. The summed E-state index contributed by atoms with van der Waals surface area (Å²) >= 11 is 0. The fraction of sp³-hybridized carbons (Fsp3) is 0.364. The molecule has 1 saturated heterocycles. The molecule has 104 valence electrons. The van der Waals surface area contributed by atoms with E-state index in [0.717, 1.165) is 6.07 Å². The molecule has 1 fully saturated rings. The molecule has 0 spiro atoms. The number of rotatable bonds is 3. The second-order valence-electron chi connectivity index (χ2n) is 4.22. The summed E-state index contributed by atoms with van der Waals surface area (Å²) in [7, 11) is -4.24. The Hall–Kier alpha value is -1.51. The van der Waals surface area contributed by atoms with Crippen molar-refractivity contribution in [3.63, 3.8) is 0 Å². The Morgan fingerprint density at radius 2 is 2.11 bits per heavy atom. The number of benzene rings is 1. The van der Waals surface area contributed by atoms with Gasteiger partial charge in [-0.15, -0.1) is 0 Å². The van der Waals surface area contributed by atoms with E-state index in [1.54, 1.807) is 0 Å². The summed E-state index contributed by atoms with van der Waals surface area (Å²) < 4.78 is 46.0. The predicted molar refractivity (Wildman–Crippen MR) is 62.5 cm³/mol. The summed E-state index contributed by atoms with van der Waals surface area (Å²) in [6, 6.07) is 2.09. The third kappa shape index (κ3) is 2.91. The van der Waals surface area contributed by atoms with Gasteiger partial charge in [-0.25, -0.2) is 22.7 Å². The SMILES string of the molecule is Cc1cc(C(=O)OC2COC2)cc(S(N)(=O)=O)c1F. The molecule has 0 aliphatic carbocycles. The first-order chi connectivity index (χ1) is 8.79. The summed E-state index contributed by atoms with van der Waals surface area (Å²) in [6.07, 6.45) is -0.351. The van der Waals surface area contributed by atoms with Crippen molar-refractivity contribution in [2.75, 3.05) is 13.2 Å². The Morgan fingerprint density at radius 3 is 2.58 bits per heavy atom. The molecule has 1 heterocycles. The van der Waals surface area contributed by atoms with E-state index in [-0.39, 0.29) is 17.2 Å². The number of ether oxygens (including phenoxy) is 2. The average Bonchev–Trinajstić information content (AvgIpc) is 2.25. The standard InChI is InChI=1S/C11H12FNO5S/c1-6-2-7(11(14)18-8-4-17-5-8)3-9(10(6)12)19(13,15)16/h2-3,8H,4-5H2,1H3,(H2,13,15,16). The van der Waals surface area contributed by atoms with Crippen LogP contribution in [0, 0.1) is 12.7 Å². The van der Waals surface area contributed by atoms with Gasteiger partial charge in [-0.2, -0.15) is 0 Å². The van der Waals surface area contributed by atoms with Crippen LogP contribution >= 0.6 is 0 Å². The van der Waals surface area contributed by atoms with E-state index in [9.17, 15) is 17.6 Å². The van der Waals surface area contributed by atoms with Gasteiger partial charge in [0.25, 0.3) is 0 Å². The van der Waals surface area contributed by atoms with Gasteiger partial charge in [0, 0.05) is 0 Å². The molecule has 0 amide bonds. The van der Waals surface area contributed by atoms with Crippen LogP contribution in [0.15, 0.2) is 17.0 Å². The van der Waals surface area contributed by atoms with E-state index >= 15 is 0 Å². The number of primary sulfonamides is 1. The van der Waals surface area contributed by atoms with E-state index in [0.29, 0.717) is 13.2 Å². The molecule has 2 N–H and O–H groups in total. The highest BCUT2D eigenvalue weighted by Crippen LogP contribution is 2.20. The van der Waals surface area contributed by atoms with Crippen LogP contribution in [-0.4, -0.2) is 33.7 Å². The molecule has 2 rings (SSSR count). The lowest BCUT2D eigenvalue weighted by atomic mass is 10.1. The quantitative estimate of drug-likeness (QED) is 0.809. The first-order valence-corrected chi connectivity index (χ1v) is 6.95. The highest BCUT2D eigenvalue weighted by Gasteiger charge is 2.25. The highest BCUT2D eigenvalue weighted by molar-refractivity contribution is 7.89. The molecule has 1 aromatic rings. The molecule has 1 aromatic carbocycles. The summed E-state index contributed by atoms with van der Waals surface area (Å²) in [6.45, 7) is 1.94. The second kappa shape index (κ2) is 4.87. The second-order valence-corrected chi connectivity index (χ2v) is 5.74. The number of aryl methyl sites for hydroxylation is 1. The van der Waals surface area contributed by atoms with Gasteiger partial charge in [0.05, 0.1) is 18.8 Å². The summed E-state index contributed by atoms with van der Waals surface area (Å²) in [5, 5.41) is 4.89. The fourth-order valence-corrected chi connectivity index (χ4v) is 2.27. The average molecular weight is 289 g/mol. The van der Waals surface area contributed by atoms with Crippen molar-refractivity contribution in [2.24, 2.45) is 5.14 Å². The number of hydrogen-bond donors (Lipinski definition) is 1. The number of carbonyl (C=O) groups is 1. The maximum Gasteiger partial charge on any atom is 0.338 e. The zero-order valence-corrected chi connectivity index (χ0v) is 10.9. The van der Waals surface area contributed by atoms with Gasteiger partial charge >= 0.3 is 5.97 Å². The van der Waals surface area contributed by atoms with Crippen LogP contribution in [0.5, 0.6) is 0 Å². The van der Waals surface area contributed by atoms with E-state index in [1.807, 2.05) is 0 Å². The Bertz CT molecular complexity index is 624. The Kier molecular flexibility index (Phi) is 3.57. The summed E-state index contributed by atoms with van der Waals surface area (Å²) in [5.41, 5.74) is -0.0573. The zero-order chi connectivity index (χ0) is 14.2. The molecular weight excluding hydrogens is 277 g/mol. The number of nitrogens with two attached hydrogens (primary N) is 1. The van der Waals surface area contributed by atoms with Crippen molar-refractivity contribution in [1.82, 2.24) is 0 Å². The minimum absolute atomic E-state index is 0.00309. The summed E-state index contributed by atoms with van der Waals surface area (Å²) in [4.78, 5) is 11.0. The molecule has 8 heteroatoms. The molecule has 0 radical (unpaired) electrons. The smallest absolute Gasteiger partial charge is 0.338 e. The first-order valence-electron chi connectivity index (χ1n) is 5.40. The number of esters is 1. The topological polar surface area (TPSA) is 95.7 Å². The van der Waals surface area contributed by atoms with Gasteiger partial charge in [-0.05, 0) is 24.6 Å². The molecule has 1 aliphatic heterocycles. The van der Waals surface area contributed by atoms with Gasteiger partial charge in [-0.1, -0.05) is 0 Å². The summed E-state index contributed by atoms with van der Waals surface area (Å²) in [5.74, 6) is -1.70. The predicted octanol–water partition coefficient (Wildman–Crippen LogP) is 0.337. The Balaban J connectivity index is 2.36. The normalized spacial score (nSPS) is 15.9. The van der Waals surface area contributed by atoms with Crippen LogP contribution in [0.4, 0.5) is 4.39 Å². The van der Waals surface area contributed by atoms with Gasteiger partial charge < -0.3 is 9.47 Å². The molecule has 0 unspecified atom stereocenters. The van der Waals surface area contributed by atoms with Crippen molar-refractivity contribution < 1.29 is 27.1 Å². The van der Waals surface area contributed by atoms with Crippen LogP contribution in [-0.2, 0) is 19.5 Å². The maximum atomic E-state index is 13.6. The number of sulfonamides is 1. The first kappa shape index (κ1) is 13.9. The van der Waals surface area contributed by atoms with Crippen LogP contribution in [0.2, 0.25) is 0 Å². The van der Waals surface area contributed by atoms with Crippen molar-refractivity contribution in [2.45, 2.75) is 17.9 Å². The largest absolute Gasteiger partial charge is 0.454 e. The fourth-order valence-electron chi connectivity index (χ4n) is 1.56. The van der Waals surface area contributed by atoms with Gasteiger partial charge in [0.15, 0.2) is 0 Å². The molecule has 6 nitrogen and oxygen atoms in total. The van der Waals surface area contributed by atoms with Gasteiger partial charge in [0.2, 0.25) is 10.0 Å².